The molecule has 2 aromatic rings. The van der Waals surface area contributed by atoms with Crippen LogP contribution >= 0.6 is 0 Å². The van der Waals surface area contributed by atoms with Crippen LogP contribution in [0.1, 0.15) is 18.4 Å². The lowest BCUT2D eigenvalue weighted by molar-refractivity contribution is -0.120. The molecular formula is C19H24N2O3S. The third-order valence-electron chi connectivity index (χ3n) is 4.86. The van der Waals surface area contributed by atoms with Crippen LogP contribution in [-0.2, 0) is 21.2 Å². The molecule has 25 heavy (non-hydrogen) atoms. The first-order valence-corrected chi connectivity index (χ1v) is 10.5. The zero-order valence-electron chi connectivity index (χ0n) is 14.4. The molecule has 5 nitrogen and oxygen atoms in total. The van der Waals surface area contributed by atoms with Crippen LogP contribution in [-0.4, -0.2) is 44.5 Å². The third-order valence-corrected chi connectivity index (χ3v) is 6.16. The molecule has 134 valence electrons. The van der Waals surface area contributed by atoms with Gasteiger partial charge in [0.25, 0.3) is 0 Å². The Balaban J connectivity index is 1.52. The molecule has 3 rings (SSSR count). The number of sulfonamides is 1. The molecular weight excluding hydrogens is 336 g/mol. The van der Waals surface area contributed by atoms with Gasteiger partial charge in [-0.2, -0.15) is 0 Å². The summed E-state index contributed by atoms with van der Waals surface area (Å²) in [7, 11) is -3.10. The van der Waals surface area contributed by atoms with Crippen molar-refractivity contribution in [2.24, 2.45) is 5.92 Å². The van der Waals surface area contributed by atoms with Crippen molar-refractivity contribution < 1.29 is 13.2 Å². The summed E-state index contributed by atoms with van der Waals surface area (Å²) in [6.07, 6.45) is 3.20. The van der Waals surface area contributed by atoms with Crippen LogP contribution in [0.15, 0.2) is 42.5 Å². The number of carbonyl (C=O) groups excluding carboxylic acids is 1. The first kappa shape index (κ1) is 17.9. The Morgan fingerprint density at radius 1 is 1.12 bits per heavy atom. The molecule has 1 fully saturated rings. The molecule has 0 spiro atoms. The Morgan fingerprint density at radius 3 is 2.52 bits per heavy atom. The summed E-state index contributed by atoms with van der Waals surface area (Å²) in [6, 6.07) is 14.1. The molecule has 1 amide bonds. The third kappa shape index (κ3) is 4.58. The highest BCUT2D eigenvalue weighted by molar-refractivity contribution is 7.88. The Labute approximate surface area is 149 Å². The zero-order valence-corrected chi connectivity index (χ0v) is 15.3. The Hall–Kier alpha value is -1.92. The number of amides is 1. The van der Waals surface area contributed by atoms with Gasteiger partial charge in [-0.3, -0.25) is 4.79 Å². The highest BCUT2D eigenvalue weighted by Crippen LogP contribution is 2.20. The van der Waals surface area contributed by atoms with Crippen molar-refractivity contribution in [3.05, 3.63) is 48.0 Å². The number of nitrogens with zero attached hydrogens (tertiary/aromatic N) is 1. The fourth-order valence-electron chi connectivity index (χ4n) is 3.39. The maximum Gasteiger partial charge on any atom is 0.224 e. The van der Waals surface area contributed by atoms with Crippen molar-refractivity contribution >= 4 is 26.7 Å². The van der Waals surface area contributed by atoms with E-state index in [9.17, 15) is 13.2 Å². The molecule has 1 N–H and O–H groups in total. The first-order chi connectivity index (χ1) is 11.9. The number of hydrogen-bond donors (Lipinski definition) is 1. The van der Waals surface area contributed by atoms with E-state index >= 15 is 0 Å². The van der Waals surface area contributed by atoms with Gasteiger partial charge in [0.15, 0.2) is 0 Å². The molecule has 0 aromatic heterocycles. The lowest BCUT2D eigenvalue weighted by atomic mass is 9.98. The molecule has 2 aromatic carbocycles. The predicted molar refractivity (Wildman–Crippen MR) is 99.8 cm³/mol. The van der Waals surface area contributed by atoms with Gasteiger partial charge in [0, 0.05) is 19.6 Å². The van der Waals surface area contributed by atoms with Crippen molar-refractivity contribution in [3.63, 3.8) is 0 Å². The average Bonchev–Trinajstić information content (AvgIpc) is 2.60. The minimum Gasteiger partial charge on any atom is -0.356 e. The van der Waals surface area contributed by atoms with Gasteiger partial charge in [-0.15, -0.1) is 0 Å². The molecule has 1 saturated heterocycles. The predicted octanol–water partition coefficient (Wildman–Crippen LogP) is 2.17. The summed E-state index contributed by atoms with van der Waals surface area (Å²) in [5.41, 5.74) is 1.03. The number of fused-ring (bicyclic) bond motifs is 1. The molecule has 0 atom stereocenters. The highest BCUT2D eigenvalue weighted by Gasteiger charge is 2.25. The number of rotatable bonds is 5. The Morgan fingerprint density at radius 2 is 1.80 bits per heavy atom. The normalized spacial score (nSPS) is 16.8. The van der Waals surface area contributed by atoms with Gasteiger partial charge < -0.3 is 5.32 Å². The van der Waals surface area contributed by atoms with E-state index in [1.807, 2.05) is 42.5 Å². The quantitative estimate of drug-likeness (QED) is 0.889. The van der Waals surface area contributed by atoms with Gasteiger partial charge in [0.05, 0.1) is 12.7 Å². The minimum absolute atomic E-state index is 0.0156. The van der Waals surface area contributed by atoms with Crippen molar-refractivity contribution in [3.8, 4) is 0 Å². The molecule has 1 aliphatic heterocycles. The van der Waals surface area contributed by atoms with Crippen LogP contribution in [0.2, 0.25) is 0 Å². The Bertz CT molecular complexity index is 851. The number of hydrogen-bond acceptors (Lipinski definition) is 3. The van der Waals surface area contributed by atoms with E-state index in [0.717, 1.165) is 29.2 Å². The van der Waals surface area contributed by atoms with E-state index < -0.39 is 10.0 Å². The number of benzene rings is 2. The van der Waals surface area contributed by atoms with Gasteiger partial charge >= 0.3 is 0 Å². The van der Waals surface area contributed by atoms with Crippen LogP contribution in [0.25, 0.3) is 10.8 Å². The minimum atomic E-state index is -3.10. The van der Waals surface area contributed by atoms with Gasteiger partial charge in [0.2, 0.25) is 15.9 Å². The van der Waals surface area contributed by atoms with E-state index in [1.165, 1.54) is 10.6 Å². The van der Waals surface area contributed by atoms with Crippen LogP contribution in [0, 0.1) is 5.92 Å². The van der Waals surface area contributed by atoms with Crippen LogP contribution < -0.4 is 5.32 Å². The molecule has 0 unspecified atom stereocenters. The van der Waals surface area contributed by atoms with E-state index in [0.29, 0.717) is 32.0 Å². The summed E-state index contributed by atoms with van der Waals surface area (Å²) < 4.78 is 24.6. The van der Waals surface area contributed by atoms with E-state index in [2.05, 4.69) is 5.32 Å². The van der Waals surface area contributed by atoms with Gasteiger partial charge in [0.1, 0.15) is 0 Å². The summed E-state index contributed by atoms with van der Waals surface area (Å²) in [6.45, 7) is 1.70. The second kappa shape index (κ2) is 7.54. The highest BCUT2D eigenvalue weighted by atomic mass is 32.2. The summed E-state index contributed by atoms with van der Waals surface area (Å²) in [5, 5.41) is 5.26. The lowest BCUT2D eigenvalue weighted by Crippen LogP contribution is -2.41. The SMILES string of the molecule is CS(=O)(=O)N1CCC(CNC(=O)Cc2cccc3ccccc23)CC1. The van der Waals surface area contributed by atoms with Gasteiger partial charge in [-0.1, -0.05) is 42.5 Å². The number of carbonyl (C=O) groups is 1. The van der Waals surface area contributed by atoms with Crippen molar-refractivity contribution in [2.45, 2.75) is 19.3 Å². The standard InChI is InChI=1S/C19H24N2O3S/c1-25(23,24)21-11-9-15(10-12-21)14-20-19(22)13-17-7-4-6-16-5-2-3-8-18(16)17/h2-8,15H,9-14H2,1H3,(H,20,22). The monoisotopic (exact) mass is 360 g/mol. The van der Waals surface area contributed by atoms with Crippen LogP contribution in [0.4, 0.5) is 0 Å². The summed E-state index contributed by atoms with van der Waals surface area (Å²) in [5.74, 6) is 0.358. The van der Waals surface area contributed by atoms with Gasteiger partial charge in [-0.05, 0) is 35.1 Å². The average molecular weight is 360 g/mol. The second-order valence-corrected chi connectivity index (χ2v) is 8.71. The van der Waals surface area contributed by atoms with E-state index in [4.69, 9.17) is 0 Å². The zero-order chi connectivity index (χ0) is 17.9. The summed E-state index contributed by atoms with van der Waals surface area (Å²) >= 11 is 0. The molecule has 0 saturated carbocycles. The van der Waals surface area contributed by atoms with E-state index in [1.54, 1.807) is 0 Å². The Kier molecular flexibility index (Phi) is 5.39. The summed E-state index contributed by atoms with van der Waals surface area (Å²) in [4.78, 5) is 12.3. The smallest absolute Gasteiger partial charge is 0.224 e. The topological polar surface area (TPSA) is 66.5 Å². The van der Waals surface area contributed by atoms with Crippen molar-refractivity contribution in [1.29, 1.82) is 0 Å². The lowest BCUT2D eigenvalue weighted by Gasteiger charge is -2.30. The molecule has 0 aliphatic carbocycles. The van der Waals surface area contributed by atoms with Crippen molar-refractivity contribution in [1.82, 2.24) is 9.62 Å². The van der Waals surface area contributed by atoms with Crippen LogP contribution in [0.5, 0.6) is 0 Å². The molecule has 1 heterocycles. The maximum absolute atomic E-state index is 12.3. The maximum atomic E-state index is 12.3. The molecule has 0 radical (unpaired) electrons. The first-order valence-electron chi connectivity index (χ1n) is 8.62. The number of nitrogens with one attached hydrogen (secondary N) is 1. The number of piperidine rings is 1. The second-order valence-electron chi connectivity index (χ2n) is 6.72. The largest absolute Gasteiger partial charge is 0.356 e. The molecule has 6 heteroatoms. The van der Waals surface area contributed by atoms with Crippen molar-refractivity contribution in [2.75, 3.05) is 25.9 Å². The fraction of sp³-hybridized carbons (Fsp3) is 0.421. The van der Waals surface area contributed by atoms with Crippen LogP contribution in [0.3, 0.4) is 0 Å². The molecule has 0 bridgehead atoms. The molecule has 1 aliphatic rings. The van der Waals surface area contributed by atoms with E-state index in [-0.39, 0.29) is 5.91 Å². The fourth-order valence-corrected chi connectivity index (χ4v) is 4.26. The van der Waals surface area contributed by atoms with Gasteiger partial charge in [-0.25, -0.2) is 12.7 Å².